The first-order valence-electron chi connectivity index (χ1n) is 15.2. The van der Waals surface area contributed by atoms with Crippen molar-refractivity contribution >= 4 is 35.1 Å². The molecule has 0 aliphatic carbocycles. The summed E-state index contributed by atoms with van der Waals surface area (Å²) < 4.78 is 31.3. The average molecular weight is 688 g/mol. The standard InChI is InChI=1S/C35H37N5O10/c1-4-30(41)48-20-17-45-14-11-39(12-15-46-18-21-49-31(42)5-2)28-9-7-26(8-10-28)33-29(25-38)34(27(23-36)24-37)40(35(33)44)13-16-47-19-22-50-32(43)6-3/h4-10H,1-3,11-22H2. The number of hydrogen-bond acceptors (Lipinski definition) is 14. The first-order chi connectivity index (χ1) is 24.3. The molecule has 0 fully saturated rings. The van der Waals surface area contributed by atoms with E-state index in [0.29, 0.717) is 18.7 Å². The number of ether oxygens (including phenoxy) is 6. The van der Waals surface area contributed by atoms with Gasteiger partial charge in [0.05, 0.1) is 56.5 Å². The molecule has 0 unspecified atom stereocenters. The lowest BCUT2D eigenvalue weighted by Gasteiger charge is -2.25. The summed E-state index contributed by atoms with van der Waals surface area (Å²) in [4.78, 5) is 50.4. The van der Waals surface area contributed by atoms with Crippen molar-refractivity contribution in [2.24, 2.45) is 0 Å². The fourth-order valence-corrected chi connectivity index (χ4v) is 4.38. The number of benzene rings is 1. The number of nitrogens with zero attached hydrogens (tertiary/aromatic N) is 5. The Bertz CT molecular complexity index is 1550. The van der Waals surface area contributed by atoms with Crippen LogP contribution in [-0.4, -0.2) is 108 Å². The molecule has 50 heavy (non-hydrogen) atoms. The van der Waals surface area contributed by atoms with Crippen LogP contribution in [0.25, 0.3) is 5.57 Å². The molecule has 15 heteroatoms. The Morgan fingerprint density at radius 3 is 1.58 bits per heavy atom. The molecular weight excluding hydrogens is 650 g/mol. The molecule has 2 rings (SSSR count). The zero-order valence-electron chi connectivity index (χ0n) is 27.5. The summed E-state index contributed by atoms with van der Waals surface area (Å²) >= 11 is 0. The summed E-state index contributed by atoms with van der Waals surface area (Å²) in [5.41, 5.74) is 0.452. The molecule has 0 saturated heterocycles. The van der Waals surface area contributed by atoms with E-state index in [1.165, 1.54) is 0 Å². The maximum absolute atomic E-state index is 13.7. The third kappa shape index (κ3) is 12.5. The van der Waals surface area contributed by atoms with Crippen molar-refractivity contribution in [3.05, 3.63) is 84.6 Å². The van der Waals surface area contributed by atoms with Crippen LogP contribution in [0, 0.1) is 34.0 Å². The second-order valence-corrected chi connectivity index (χ2v) is 9.75. The van der Waals surface area contributed by atoms with Crippen LogP contribution in [-0.2, 0) is 47.6 Å². The van der Waals surface area contributed by atoms with Crippen LogP contribution in [0.15, 0.2) is 79.1 Å². The van der Waals surface area contributed by atoms with Crippen molar-refractivity contribution in [1.82, 2.24) is 4.90 Å². The predicted octanol–water partition coefficient (Wildman–Crippen LogP) is 2.15. The first-order valence-corrected chi connectivity index (χ1v) is 15.2. The number of esters is 3. The van der Waals surface area contributed by atoms with Crippen molar-refractivity contribution in [2.75, 3.05) is 84.0 Å². The Kier molecular flexibility index (Phi) is 18.1. The van der Waals surface area contributed by atoms with E-state index in [1.807, 2.05) is 11.0 Å². The molecule has 1 aliphatic rings. The normalized spacial score (nSPS) is 11.9. The highest BCUT2D eigenvalue weighted by molar-refractivity contribution is 6.26. The van der Waals surface area contributed by atoms with E-state index in [9.17, 15) is 35.0 Å². The van der Waals surface area contributed by atoms with Gasteiger partial charge in [-0.1, -0.05) is 31.9 Å². The molecule has 262 valence electrons. The third-order valence-electron chi connectivity index (χ3n) is 6.70. The summed E-state index contributed by atoms with van der Waals surface area (Å²) in [6.07, 6.45) is 3.13. The second-order valence-electron chi connectivity index (χ2n) is 9.75. The molecule has 1 heterocycles. The molecule has 15 nitrogen and oxygen atoms in total. The maximum Gasteiger partial charge on any atom is 0.330 e. The van der Waals surface area contributed by atoms with E-state index in [-0.39, 0.29) is 82.8 Å². The lowest BCUT2D eigenvalue weighted by molar-refractivity contribution is -0.140. The summed E-state index contributed by atoms with van der Waals surface area (Å²) in [5.74, 6) is -2.32. The van der Waals surface area contributed by atoms with E-state index < -0.39 is 29.4 Å². The molecule has 0 spiro atoms. The topological polar surface area (TPSA) is 202 Å². The number of amides is 1. The van der Waals surface area contributed by atoms with Crippen molar-refractivity contribution in [3.8, 4) is 18.2 Å². The van der Waals surface area contributed by atoms with E-state index in [4.69, 9.17) is 28.4 Å². The highest BCUT2D eigenvalue weighted by atomic mass is 16.6. The lowest BCUT2D eigenvalue weighted by atomic mass is 9.99. The highest BCUT2D eigenvalue weighted by Crippen LogP contribution is 2.37. The number of carbonyl (C=O) groups is 4. The van der Waals surface area contributed by atoms with Gasteiger partial charge in [-0.2, -0.15) is 15.8 Å². The van der Waals surface area contributed by atoms with Crippen LogP contribution in [0.5, 0.6) is 0 Å². The Morgan fingerprint density at radius 1 is 0.700 bits per heavy atom. The van der Waals surface area contributed by atoms with Crippen molar-refractivity contribution < 1.29 is 47.6 Å². The van der Waals surface area contributed by atoms with Gasteiger partial charge in [-0.05, 0) is 17.7 Å². The van der Waals surface area contributed by atoms with Gasteiger partial charge in [0.25, 0.3) is 5.91 Å². The minimum Gasteiger partial charge on any atom is -0.460 e. The SMILES string of the molecule is C=CC(=O)OCCOCCN1C(=O)C(c2ccc(N(CCOCCOC(=O)C=C)CCOCCOC(=O)C=C)cc2)=C(C#N)C1=C(C#N)C#N. The summed E-state index contributed by atoms with van der Waals surface area (Å²) in [6.45, 7) is 11.6. The lowest BCUT2D eigenvalue weighted by Crippen LogP contribution is -2.32. The molecule has 1 amide bonds. The number of rotatable bonds is 23. The van der Waals surface area contributed by atoms with E-state index >= 15 is 0 Å². The minimum absolute atomic E-state index is 0.0123. The van der Waals surface area contributed by atoms with Gasteiger partial charge in [0.2, 0.25) is 0 Å². The van der Waals surface area contributed by atoms with Crippen molar-refractivity contribution in [1.29, 1.82) is 15.8 Å². The van der Waals surface area contributed by atoms with Crippen LogP contribution in [0.1, 0.15) is 5.56 Å². The van der Waals surface area contributed by atoms with Gasteiger partial charge in [-0.3, -0.25) is 4.79 Å². The Morgan fingerprint density at radius 2 is 1.16 bits per heavy atom. The minimum atomic E-state index is -0.614. The van der Waals surface area contributed by atoms with E-state index in [0.717, 1.165) is 28.8 Å². The number of hydrogen-bond donors (Lipinski definition) is 0. The molecule has 0 atom stereocenters. The van der Waals surface area contributed by atoms with Crippen LogP contribution in [0.2, 0.25) is 0 Å². The molecule has 0 saturated carbocycles. The molecule has 1 aromatic rings. The van der Waals surface area contributed by atoms with Crippen LogP contribution >= 0.6 is 0 Å². The molecule has 0 bridgehead atoms. The highest BCUT2D eigenvalue weighted by Gasteiger charge is 2.38. The van der Waals surface area contributed by atoms with Gasteiger partial charge >= 0.3 is 17.9 Å². The number of nitriles is 3. The largest absolute Gasteiger partial charge is 0.460 e. The van der Waals surface area contributed by atoms with Gasteiger partial charge in [0.1, 0.15) is 38.0 Å². The molecule has 1 aromatic carbocycles. The van der Waals surface area contributed by atoms with Gasteiger partial charge in [-0.25, -0.2) is 14.4 Å². The molecule has 0 aromatic heterocycles. The van der Waals surface area contributed by atoms with Crippen LogP contribution < -0.4 is 4.90 Å². The predicted molar refractivity (Wildman–Crippen MR) is 177 cm³/mol. The molecule has 1 aliphatic heterocycles. The van der Waals surface area contributed by atoms with Gasteiger partial charge in [-0.15, -0.1) is 0 Å². The summed E-state index contributed by atoms with van der Waals surface area (Å²) in [6, 6.07) is 12.2. The van der Waals surface area contributed by atoms with E-state index in [2.05, 4.69) is 19.7 Å². The number of allylic oxidation sites excluding steroid dienone is 2. The molecule has 0 N–H and O–H groups in total. The third-order valence-corrected chi connectivity index (χ3v) is 6.70. The Hall–Kier alpha value is -6.05. The average Bonchev–Trinajstić information content (AvgIpc) is 3.41. The monoisotopic (exact) mass is 687 g/mol. The van der Waals surface area contributed by atoms with Gasteiger partial charge in [0, 0.05) is 43.5 Å². The van der Waals surface area contributed by atoms with Crippen molar-refractivity contribution in [3.63, 3.8) is 0 Å². The molecule has 0 radical (unpaired) electrons. The summed E-state index contributed by atoms with van der Waals surface area (Å²) in [5, 5.41) is 29.3. The zero-order chi connectivity index (χ0) is 36.7. The first kappa shape index (κ1) is 40.1. The van der Waals surface area contributed by atoms with Crippen LogP contribution in [0.3, 0.4) is 0 Å². The Balaban J connectivity index is 2.22. The smallest absolute Gasteiger partial charge is 0.330 e. The molecular formula is C35H37N5O10. The fourth-order valence-electron chi connectivity index (χ4n) is 4.38. The Labute approximate surface area is 290 Å². The number of anilines is 1. The fraction of sp³-hybridized carbons (Fsp3) is 0.343. The quantitative estimate of drug-likeness (QED) is 0.0532. The van der Waals surface area contributed by atoms with Crippen molar-refractivity contribution in [2.45, 2.75) is 0 Å². The number of carbonyl (C=O) groups excluding carboxylic acids is 4. The summed E-state index contributed by atoms with van der Waals surface area (Å²) in [7, 11) is 0. The van der Waals surface area contributed by atoms with Gasteiger partial charge in [0.15, 0.2) is 5.57 Å². The van der Waals surface area contributed by atoms with Gasteiger partial charge < -0.3 is 38.2 Å². The second kappa shape index (κ2) is 22.5. The van der Waals surface area contributed by atoms with Crippen LogP contribution in [0.4, 0.5) is 5.69 Å². The van der Waals surface area contributed by atoms with E-state index in [1.54, 1.807) is 36.4 Å². The maximum atomic E-state index is 13.7. The zero-order valence-corrected chi connectivity index (χ0v) is 27.5.